The molecule has 1 N–H and O–H groups in total. The SMILES string of the molecule is CCOC(=O)C(Cc1ccc(OC)c(OC)c1)(NC(C)=O)C(=O)OCC. The second-order valence-electron chi connectivity index (χ2n) is 5.39. The van der Waals surface area contributed by atoms with Crippen LogP contribution >= 0.6 is 0 Å². The Balaban J connectivity index is 3.40. The molecule has 0 saturated heterocycles. The lowest BCUT2D eigenvalue weighted by Crippen LogP contribution is -2.62. The second kappa shape index (κ2) is 9.65. The van der Waals surface area contributed by atoms with E-state index in [-0.39, 0.29) is 19.6 Å². The van der Waals surface area contributed by atoms with Gasteiger partial charge in [0, 0.05) is 13.3 Å². The highest BCUT2D eigenvalue weighted by atomic mass is 16.6. The third-order valence-corrected chi connectivity index (χ3v) is 3.55. The van der Waals surface area contributed by atoms with Crippen LogP contribution in [-0.2, 0) is 30.3 Å². The molecule has 0 saturated carbocycles. The van der Waals surface area contributed by atoms with E-state index in [4.69, 9.17) is 18.9 Å². The molecule has 0 unspecified atom stereocenters. The first kappa shape index (κ1) is 21.3. The number of hydrogen-bond acceptors (Lipinski definition) is 7. The van der Waals surface area contributed by atoms with Crippen LogP contribution in [0.15, 0.2) is 18.2 Å². The van der Waals surface area contributed by atoms with E-state index in [1.54, 1.807) is 32.0 Å². The zero-order valence-corrected chi connectivity index (χ0v) is 15.7. The van der Waals surface area contributed by atoms with Crippen molar-refractivity contribution in [2.24, 2.45) is 0 Å². The van der Waals surface area contributed by atoms with Crippen molar-refractivity contribution in [2.45, 2.75) is 32.7 Å². The molecule has 1 amide bonds. The molecule has 1 aromatic carbocycles. The van der Waals surface area contributed by atoms with E-state index >= 15 is 0 Å². The summed E-state index contributed by atoms with van der Waals surface area (Å²) in [7, 11) is 2.97. The fraction of sp³-hybridized carbons (Fsp3) is 0.500. The highest BCUT2D eigenvalue weighted by Gasteiger charge is 2.50. The minimum atomic E-state index is -1.99. The van der Waals surface area contributed by atoms with Crippen LogP contribution in [0.1, 0.15) is 26.3 Å². The van der Waals surface area contributed by atoms with E-state index in [0.29, 0.717) is 17.1 Å². The fourth-order valence-corrected chi connectivity index (χ4v) is 2.48. The highest BCUT2D eigenvalue weighted by Crippen LogP contribution is 2.29. The molecule has 8 heteroatoms. The topological polar surface area (TPSA) is 100 Å². The lowest BCUT2D eigenvalue weighted by atomic mass is 9.90. The van der Waals surface area contributed by atoms with Gasteiger partial charge in [-0.25, -0.2) is 9.59 Å². The molecule has 144 valence electrons. The predicted molar refractivity (Wildman–Crippen MR) is 93.1 cm³/mol. The van der Waals surface area contributed by atoms with Crippen LogP contribution in [0.3, 0.4) is 0 Å². The highest BCUT2D eigenvalue weighted by molar-refractivity contribution is 6.08. The molecule has 0 spiro atoms. The van der Waals surface area contributed by atoms with E-state index in [2.05, 4.69) is 5.32 Å². The summed E-state index contributed by atoms with van der Waals surface area (Å²) in [5.74, 6) is -1.42. The van der Waals surface area contributed by atoms with Crippen LogP contribution in [0.25, 0.3) is 0 Å². The molecule has 0 radical (unpaired) electrons. The maximum absolute atomic E-state index is 12.6. The maximum atomic E-state index is 12.6. The summed E-state index contributed by atoms with van der Waals surface area (Å²) in [5, 5.41) is 2.42. The molecule has 0 fully saturated rings. The first-order chi connectivity index (χ1) is 12.3. The quantitative estimate of drug-likeness (QED) is 0.518. The van der Waals surface area contributed by atoms with Gasteiger partial charge in [0.05, 0.1) is 27.4 Å². The van der Waals surface area contributed by atoms with Crippen LogP contribution in [0.5, 0.6) is 11.5 Å². The van der Waals surface area contributed by atoms with Gasteiger partial charge >= 0.3 is 11.9 Å². The number of hydrogen-bond donors (Lipinski definition) is 1. The summed E-state index contributed by atoms with van der Waals surface area (Å²) in [6, 6.07) is 4.92. The van der Waals surface area contributed by atoms with Crippen LogP contribution < -0.4 is 14.8 Å². The van der Waals surface area contributed by atoms with E-state index in [0.717, 1.165) is 0 Å². The van der Waals surface area contributed by atoms with Gasteiger partial charge in [0.2, 0.25) is 11.4 Å². The minimum Gasteiger partial charge on any atom is -0.493 e. The third-order valence-electron chi connectivity index (χ3n) is 3.55. The molecular weight excluding hydrogens is 342 g/mol. The minimum absolute atomic E-state index is 0.0471. The Morgan fingerprint density at radius 3 is 1.92 bits per heavy atom. The average molecular weight is 367 g/mol. The smallest absolute Gasteiger partial charge is 0.344 e. The number of esters is 2. The van der Waals surface area contributed by atoms with Gasteiger partial charge in [0.15, 0.2) is 11.5 Å². The number of carbonyl (C=O) groups excluding carboxylic acids is 3. The Labute approximate surface area is 152 Å². The Morgan fingerprint density at radius 1 is 0.962 bits per heavy atom. The number of amides is 1. The van der Waals surface area contributed by atoms with Gasteiger partial charge in [-0.3, -0.25) is 4.79 Å². The van der Waals surface area contributed by atoms with Crippen molar-refractivity contribution in [2.75, 3.05) is 27.4 Å². The molecule has 0 atom stereocenters. The van der Waals surface area contributed by atoms with Gasteiger partial charge < -0.3 is 24.3 Å². The number of carbonyl (C=O) groups is 3. The van der Waals surface area contributed by atoms with Crippen LogP contribution in [0, 0.1) is 0 Å². The normalized spacial score (nSPS) is 10.7. The van der Waals surface area contributed by atoms with Gasteiger partial charge in [-0.2, -0.15) is 0 Å². The Kier molecular flexibility index (Phi) is 7.89. The number of nitrogens with one attached hydrogen (secondary N) is 1. The number of ether oxygens (including phenoxy) is 4. The molecule has 26 heavy (non-hydrogen) atoms. The van der Waals surface area contributed by atoms with Crippen molar-refractivity contribution in [1.29, 1.82) is 0 Å². The summed E-state index contributed by atoms with van der Waals surface area (Å²) in [6.45, 7) is 4.52. The predicted octanol–water partition coefficient (Wildman–Crippen LogP) is 1.25. The van der Waals surface area contributed by atoms with Gasteiger partial charge in [0.25, 0.3) is 0 Å². The summed E-state index contributed by atoms with van der Waals surface area (Å²) in [6.07, 6.45) is -0.162. The van der Waals surface area contributed by atoms with Crippen LogP contribution in [0.4, 0.5) is 0 Å². The van der Waals surface area contributed by atoms with Crippen molar-refractivity contribution in [3.8, 4) is 11.5 Å². The van der Waals surface area contributed by atoms with E-state index in [1.807, 2.05) is 0 Å². The molecule has 0 heterocycles. The largest absolute Gasteiger partial charge is 0.493 e. The van der Waals surface area contributed by atoms with E-state index < -0.39 is 23.4 Å². The lowest BCUT2D eigenvalue weighted by molar-refractivity contribution is -0.168. The van der Waals surface area contributed by atoms with Gasteiger partial charge in [-0.05, 0) is 31.5 Å². The molecule has 8 nitrogen and oxygen atoms in total. The first-order valence-corrected chi connectivity index (χ1v) is 8.18. The van der Waals surface area contributed by atoms with Crippen LogP contribution in [0.2, 0.25) is 0 Å². The molecule has 0 aromatic heterocycles. The standard InChI is InChI=1S/C18H25NO7/c1-6-25-16(21)18(19-12(3)20,17(22)26-7-2)11-13-8-9-14(23-4)15(10-13)24-5/h8-10H,6-7,11H2,1-5H3,(H,19,20). The molecule has 1 aromatic rings. The Hall–Kier alpha value is -2.77. The fourth-order valence-electron chi connectivity index (χ4n) is 2.48. The molecule has 1 rings (SSSR count). The molecular formula is C18H25NO7. The first-order valence-electron chi connectivity index (χ1n) is 8.18. The van der Waals surface area contributed by atoms with E-state index in [9.17, 15) is 14.4 Å². The van der Waals surface area contributed by atoms with E-state index in [1.165, 1.54) is 21.1 Å². The summed E-state index contributed by atoms with van der Waals surface area (Å²) < 4.78 is 20.5. The molecule has 0 aliphatic carbocycles. The third kappa shape index (κ3) is 4.87. The molecule has 0 aliphatic rings. The number of benzene rings is 1. The summed E-state index contributed by atoms with van der Waals surface area (Å²) in [4.78, 5) is 36.9. The summed E-state index contributed by atoms with van der Waals surface area (Å²) >= 11 is 0. The Morgan fingerprint density at radius 2 is 1.50 bits per heavy atom. The van der Waals surface area contributed by atoms with Gasteiger partial charge in [-0.15, -0.1) is 0 Å². The van der Waals surface area contributed by atoms with Crippen molar-refractivity contribution in [3.63, 3.8) is 0 Å². The maximum Gasteiger partial charge on any atom is 0.344 e. The molecule has 0 aliphatic heterocycles. The monoisotopic (exact) mass is 367 g/mol. The van der Waals surface area contributed by atoms with Crippen molar-refractivity contribution < 1.29 is 33.3 Å². The average Bonchev–Trinajstić information content (AvgIpc) is 2.60. The van der Waals surface area contributed by atoms with Crippen molar-refractivity contribution in [1.82, 2.24) is 5.32 Å². The summed E-state index contributed by atoms with van der Waals surface area (Å²) in [5.41, 5.74) is -1.44. The van der Waals surface area contributed by atoms with Crippen LogP contribution in [-0.4, -0.2) is 50.8 Å². The Bertz CT molecular complexity index is 639. The number of rotatable bonds is 9. The lowest BCUT2D eigenvalue weighted by Gasteiger charge is -2.30. The number of methoxy groups -OCH3 is 2. The molecule has 0 bridgehead atoms. The van der Waals surface area contributed by atoms with Crippen molar-refractivity contribution >= 4 is 17.8 Å². The second-order valence-corrected chi connectivity index (χ2v) is 5.39. The van der Waals surface area contributed by atoms with Gasteiger partial charge in [-0.1, -0.05) is 6.07 Å². The van der Waals surface area contributed by atoms with Gasteiger partial charge in [0.1, 0.15) is 0 Å². The zero-order chi connectivity index (χ0) is 19.7. The van der Waals surface area contributed by atoms with Crippen molar-refractivity contribution in [3.05, 3.63) is 23.8 Å². The zero-order valence-electron chi connectivity index (χ0n) is 15.7.